The van der Waals surface area contributed by atoms with E-state index in [-0.39, 0.29) is 11.3 Å². The Bertz CT molecular complexity index is 676. The smallest absolute Gasteiger partial charge is 0.233 e. The highest BCUT2D eigenvalue weighted by Crippen LogP contribution is 2.49. The fourth-order valence-electron chi connectivity index (χ4n) is 3.00. The van der Waals surface area contributed by atoms with Crippen molar-refractivity contribution in [3.05, 3.63) is 59.9 Å². The van der Waals surface area contributed by atoms with Crippen LogP contribution >= 0.6 is 0 Å². The zero-order chi connectivity index (χ0) is 16.4. The molecule has 23 heavy (non-hydrogen) atoms. The van der Waals surface area contributed by atoms with Crippen molar-refractivity contribution in [3.8, 4) is 0 Å². The molecule has 1 aromatic carbocycles. The van der Waals surface area contributed by atoms with Crippen molar-refractivity contribution in [2.45, 2.75) is 24.8 Å². The van der Waals surface area contributed by atoms with Gasteiger partial charge < -0.3 is 9.80 Å². The van der Waals surface area contributed by atoms with Crippen molar-refractivity contribution < 1.29 is 4.79 Å². The number of anilines is 1. The Hall–Kier alpha value is -2.36. The molecule has 1 aliphatic rings. The highest BCUT2D eigenvalue weighted by molar-refractivity contribution is 5.91. The molecule has 4 heteroatoms. The molecule has 120 valence electrons. The van der Waals surface area contributed by atoms with Gasteiger partial charge in [0.25, 0.3) is 0 Å². The van der Waals surface area contributed by atoms with Gasteiger partial charge in [0.15, 0.2) is 0 Å². The van der Waals surface area contributed by atoms with Crippen molar-refractivity contribution in [1.82, 2.24) is 9.88 Å². The van der Waals surface area contributed by atoms with Crippen LogP contribution < -0.4 is 4.90 Å². The minimum atomic E-state index is -0.325. The van der Waals surface area contributed by atoms with E-state index in [4.69, 9.17) is 0 Å². The second kappa shape index (κ2) is 6.03. The molecule has 2 aromatic rings. The van der Waals surface area contributed by atoms with Gasteiger partial charge in [0.2, 0.25) is 5.91 Å². The Morgan fingerprint density at radius 1 is 1.09 bits per heavy atom. The van der Waals surface area contributed by atoms with Crippen molar-refractivity contribution >= 4 is 11.6 Å². The molecule has 1 aromatic heterocycles. The summed E-state index contributed by atoms with van der Waals surface area (Å²) in [5.74, 6) is 0.195. The number of carbonyl (C=O) groups is 1. The Labute approximate surface area is 137 Å². The van der Waals surface area contributed by atoms with E-state index in [1.165, 1.54) is 0 Å². The fraction of sp³-hybridized carbons (Fsp3) is 0.368. The van der Waals surface area contributed by atoms with Gasteiger partial charge in [-0.1, -0.05) is 18.2 Å². The summed E-state index contributed by atoms with van der Waals surface area (Å²) >= 11 is 0. The fourth-order valence-corrected chi connectivity index (χ4v) is 3.00. The van der Waals surface area contributed by atoms with Crippen LogP contribution in [0.4, 0.5) is 5.69 Å². The SMILES string of the molecule is CN(Cc1ccccn1)C(=O)C1(c2ccc(N(C)C)cc2)CC1. The van der Waals surface area contributed by atoms with Crippen LogP contribution in [0, 0.1) is 0 Å². The lowest BCUT2D eigenvalue weighted by Gasteiger charge is -2.24. The van der Waals surface area contributed by atoms with E-state index in [1.807, 2.05) is 39.3 Å². The topological polar surface area (TPSA) is 36.4 Å². The van der Waals surface area contributed by atoms with Crippen molar-refractivity contribution in [2.75, 3.05) is 26.0 Å². The van der Waals surface area contributed by atoms with Gasteiger partial charge >= 0.3 is 0 Å². The molecule has 1 amide bonds. The number of hydrogen-bond acceptors (Lipinski definition) is 3. The van der Waals surface area contributed by atoms with Crippen LogP contribution in [-0.4, -0.2) is 36.9 Å². The third-order valence-electron chi connectivity index (χ3n) is 4.57. The number of pyridine rings is 1. The molecule has 4 nitrogen and oxygen atoms in total. The monoisotopic (exact) mass is 309 g/mol. The first-order chi connectivity index (χ1) is 11.0. The molecule has 0 saturated heterocycles. The van der Waals surface area contributed by atoms with Gasteiger partial charge in [-0.2, -0.15) is 0 Å². The Balaban J connectivity index is 1.75. The molecule has 1 saturated carbocycles. The summed E-state index contributed by atoms with van der Waals surface area (Å²) in [7, 11) is 5.91. The molecule has 0 N–H and O–H groups in total. The van der Waals surface area contributed by atoms with E-state index in [0.29, 0.717) is 6.54 Å². The first-order valence-electron chi connectivity index (χ1n) is 7.96. The lowest BCUT2D eigenvalue weighted by Crippen LogP contribution is -2.36. The van der Waals surface area contributed by atoms with Gasteiger partial charge in [0, 0.05) is 33.0 Å². The molecule has 0 bridgehead atoms. The normalized spacial score (nSPS) is 15.1. The Morgan fingerprint density at radius 2 is 1.78 bits per heavy atom. The molecule has 1 aliphatic carbocycles. The van der Waals surface area contributed by atoms with E-state index >= 15 is 0 Å². The van der Waals surface area contributed by atoms with Crippen LogP contribution in [0.5, 0.6) is 0 Å². The zero-order valence-corrected chi connectivity index (χ0v) is 14.0. The largest absolute Gasteiger partial charge is 0.378 e. The number of benzene rings is 1. The quantitative estimate of drug-likeness (QED) is 0.852. The van der Waals surface area contributed by atoms with Crippen molar-refractivity contribution in [3.63, 3.8) is 0 Å². The summed E-state index contributed by atoms with van der Waals surface area (Å²) in [5.41, 5.74) is 2.87. The predicted molar refractivity (Wildman–Crippen MR) is 92.4 cm³/mol. The Kier molecular flexibility index (Phi) is 4.07. The minimum Gasteiger partial charge on any atom is -0.378 e. The summed E-state index contributed by atoms with van der Waals surface area (Å²) in [6.07, 6.45) is 3.62. The number of likely N-dealkylation sites (N-methyl/N-ethyl adjacent to an activating group) is 1. The molecule has 1 heterocycles. The van der Waals surface area contributed by atoms with Crippen LogP contribution in [-0.2, 0) is 16.8 Å². The number of rotatable bonds is 5. The summed E-state index contributed by atoms with van der Waals surface area (Å²) < 4.78 is 0. The van der Waals surface area contributed by atoms with Gasteiger partial charge in [-0.25, -0.2) is 0 Å². The molecule has 0 spiro atoms. The summed E-state index contributed by atoms with van der Waals surface area (Å²) in [4.78, 5) is 21.1. The standard InChI is InChI=1S/C19H23N3O/c1-21(2)17-9-7-15(8-10-17)19(11-12-19)18(23)22(3)14-16-6-4-5-13-20-16/h4-10,13H,11-12,14H2,1-3H3. The van der Waals surface area contributed by atoms with Gasteiger partial charge in [-0.05, 0) is 42.7 Å². The van der Waals surface area contributed by atoms with Gasteiger partial charge in [0.05, 0.1) is 17.7 Å². The van der Waals surface area contributed by atoms with Crippen molar-refractivity contribution in [2.24, 2.45) is 0 Å². The lowest BCUT2D eigenvalue weighted by molar-refractivity contribution is -0.133. The number of aromatic nitrogens is 1. The van der Waals surface area contributed by atoms with Gasteiger partial charge in [0.1, 0.15) is 0 Å². The van der Waals surface area contributed by atoms with Crippen LogP contribution in [0.3, 0.4) is 0 Å². The molecule has 0 radical (unpaired) electrons. The number of nitrogens with zero attached hydrogens (tertiary/aromatic N) is 3. The number of amides is 1. The second-order valence-electron chi connectivity index (χ2n) is 6.51. The molecule has 0 aliphatic heterocycles. The van der Waals surface area contributed by atoms with E-state index in [9.17, 15) is 4.79 Å². The molecular formula is C19H23N3O. The summed E-state index contributed by atoms with van der Waals surface area (Å²) in [5, 5.41) is 0. The second-order valence-corrected chi connectivity index (χ2v) is 6.51. The maximum Gasteiger partial charge on any atom is 0.233 e. The predicted octanol–water partition coefficient (Wildman–Crippen LogP) is 2.84. The van der Waals surface area contributed by atoms with E-state index in [1.54, 1.807) is 11.1 Å². The molecule has 1 fully saturated rings. The zero-order valence-electron chi connectivity index (χ0n) is 14.0. The van der Waals surface area contributed by atoms with Crippen LogP contribution in [0.1, 0.15) is 24.1 Å². The first kappa shape index (κ1) is 15.5. The molecule has 0 atom stereocenters. The first-order valence-corrected chi connectivity index (χ1v) is 7.96. The highest BCUT2D eigenvalue weighted by Gasteiger charge is 2.52. The lowest BCUT2D eigenvalue weighted by atomic mass is 9.94. The van der Waals surface area contributed by atoms with Crippen molar-refractivity contribution in [1.29, 1.82) is 0 Å². The highest BCUT2D eigenvalue weighted by atomic mass is 16.2. The maximum absolute atomic E-state index is 12.9. The number of hydrogen-bond donors (Lipinski definition) is 0. The number of carbonyl (C=O) groups excluding carboxylic acids is 1. The molecular weight excluding hydrogens is 286 g/mol. The third-order valence-corrected chi connectivity index (χ3v) is 4.57. The van der Waals surface area contributed by atoms with Gasteiger partial charge in [-0.3, -0.25) is 9.78 Å². The molecule has 3 rings (SSSR count). The molecule has 0 unspecified atom stereocenters. The third kappa shape index (κ3) is 3.07. The van der Waals surface area contributed by atoms with E-state index < -0.39 is 0 Å². The summed E-state index contributed by atoms with van der Waals surface area (Å²) in [6, 6.07) is 14.1. The minimum absolute atomic E-state index is 0.195. The average Bonchev–Trinajstić information content (AvgIpc) is 3.37. The average molecular weight is 309 g/mol. The van der Waals surface area contributed by atoms with E-state index in [0.717, 1.165) is 29.8 Å². The van der Waals surface area contributed by atoms with Crippen LogP contribution in [0.2, 0.25) is 0 Å². The summed E-state index contributed by atoms with van der Waals surface area (Å²) in [6.45, 7) is 0.553. The van der Waals surface area contributed by atoms with Crippen LogP contribution in [0.15, 0.2) is 48.7 Å². The Morgan fingerprint density at radius 3 is 2.30 bits per heavy atom. The maximum atomic E-state index is 12.9. The van der Waals surface area contributed by atoms with Crippen LogP contribution in [0.25, 0.3) is 0 Å². The van der Waals surface area contributed by atoms with Gasteiger partial charge in [-0.15, -0.1) is 0 Å². The van der Waals surface area contributed by atoms with E-state index in [2.05, 4.69) is 34.1 Å².